The average molecular weight is 311 g/mol. The van der Waals surface area contributed by atoms with Gasteiger partial charge in [-0.25, -0.2) is 0 Å². The summed E-state index contributed by atoms with van der Waals surface area (Å²) in [5.41, 5.74) is 1.79. The van der Waals surface area contributed by atoms with E-state index in [1.54, 1.807) is 0 Å². The van der Waals surface area contributed by atoms with E-state index in [4.69, 9.17) is 4.74 Å². The Morgan fingerprint density at radius 2 is 1.65 bits per heavy atom. The predicted octanol–water partition coefficient (Wildman–Crippen LogP) is 4.19. The molecular weight excluding hydrogens is 286 g/mol. The summed E-state index contributed by atoms with van der Waals surface area (Å²) in [5, 5.41) is 0. The van der Waals surface area contributed by atoms with E-state index in [1.165, 1.54) is 0 Å². The third-order valence-electron chi connectivity index (χ3n) is 3.89. The SMILES string of the molecule is CCC(C)OCCN(CC(=O)c1ccccc1)c1ccccc1. The van der Waals surface area contributed by atoms with Crippen molar-refractivity contribution < 1.29 is 9.53 Å². The molecule has 0 radical (unpaired) electrons. The van der Waals surface area contributed by atoms with Crippen LogP contribution in [0.2, 0.25) is 0 Å². The first-order chi connectivity index (χ1) is 11.2. The summed E-state index contributed by atoms with van der Waals surface area (Å²) in [5.74, 6) is 0.123. The molecule has 0 saturated heterocycles. The second kappa shape index (κ2) is 9.11. The van der Waals surface area contributed by atoms with Crippen molar-refractivity contribution in [3.8, 4) is 0 Å². The Kier molecular flexibility index (Phi) is 6.82. The molecule has 0 aliphatic rings. The summed E-state index contributed by atoms with van der Waals surface area (Å²) < 4.78 is 5.78. The number of anilines is 1. The lowest BCUT2D eigenvalue weighted by Gasteiger charge is -2.25. The van der Waals surface area contributed by atoms with Crippen LogP contribution in [-0.4, -0.2) is 31.6 Å². The minimum Gasteiger partial charge on any atom is -0.377 e. The zero-order valence-corrected chi connectivity index (χ0v) is 13.9. The molecule has 0 bridgehead atoms. The molecule has 0 aromatic heterocycles. The zero-order chi connectivity index (χ0) is 16.5. The molecule has 1 unspecified atom stereocenters. The molecular formula is C20H25NO2. The predicted molar refractivity (Wildman–Crippen MR) is 95.1 cm³/mol. The number of Topliss-reactive ketones (excluding diaryl/α,β-unsaturated/α-hetero) is 1. The second-order valence-electron chi connectivity index (χ2n) is 5.64. The van der Waals surface area contributed by atoms with Crippen LogP contribution in [0.3, 0.4) is 0 Å². The van der Waals surface area contributed by atoms with Gasteiger partial charge >= 0.3 is 0 Å². The normalized spacial score (nSPS) is 11.9. The Bertz CT molecular complexity index is 583. The van der Waals surface area contributed by atoms with Gasteiger partial charge in [0.1, 0.15) is 0 Å². The number of para-hydroxylation sites is 1. The third-order valence-corrected chi connectivity index (χ3v) is 3.89. The first kappa shape index (κ1) is 17.2. The molecule has 122 valence electrons. The average Bonchev–Trinajstić information content (AvgIpc) is 2.62. The summed E-state index contributed by atoms with van der Waals surface area (Å²) in [6.07, 6.45) is 1.24. The zero-order valence-electron chi connectivity index (χ0n) is 13.9. The van der Waals surface area contributed by atoms with Crippen LogP contribution >= 0.6 is 0 Å². The maximum absolute atomic E-state index is 12.5. The Labute approximate surface area is 138 Å². The van der Waals surface area contributed by atoms with Crippen molar-refractivity contribution in [3.05, 3.63) is 66.2 Å². The first-order valence-corrected chi connectivity index (χ1v) is 8.20. The topological polar surface area (TPSA) is 29.5 Å². The van der Waals surface area contributed by atoms with Crippen LogP contribution in [0.25, 0.3) is 0 Å². The van der Waals surface area contributed by atoms with Crippen molar-refractivity contribution in [2.75, 3.05) is 24.6 Å². The number of ketones is 1. The highest BCUT2D eigenvalue weighted by Gasteiger charge is 2.13. The molecule has 0 spiro atoms. The number of ether oxygens (including phenoxy) is 1. The highest BCUT2D eigenvalue weighted by atomic mass is 16.5. The Hall–Kier alpha value is -2.13. The molecule has 2 aromatic rings. The van der Waals surface area contributed by atoms with E-state index in [1.807, 2.05) is 60.7 Å². The molecule has 1 atom stereocenters. The molecule has 0 aliphatic carbocycles. The van der Waals surface area contributed by atoms with E-state index in [0.29, 0.717) is 19.7 Å². The summed E-state index contributed by atoms with van der Waals surface area (Å²) >= 11 is 0. The standard InChI is InChI=1S/C20H25NO2/c1-3-17(2)23-15-14-21(19-12-8-5-9-13-19)16-20(22)18-10-6-4-7-11-18/h4-13,17H,3,14-16H2,1-2H3. The molecule has 0 amide bonds. The minimum atomic E-state index is 0.123. The van der Waals surface area contributed by atoms with Gasteiger partial charge in [0.2, 0.25) is 0 Å². The van der Waals surface area contributed by atoms with Crippen LogP contribution in [0.5, 0.6) is 0 Å². The number of rotatable bonds is 9. The Balaban J connectivity index is 2.03. The maximum Gasteiger partial charge on any atom is 0.182 e. The summed E-state index contributed by atoms with van der Waals surface area (Å²) in [7, 11) is 0. The number of carbonyl (C=O) groups excluding carboxylic acids is 1. The fraction of sp³-hybridized carbons (Fsp3) is 0.350. The highest BCUT2D eigenvalue weighted by molar-refractivity contribution is 5.99. The quantitative estimate of drug-likeness (QED) is 0.650. The van der Waals surface area contributed by atoms with E-state index >= 15 is 0 Å². The third kappa shape index (κ3) is 5.53. The lowest BCUT2D eigenvalue weighted by atomic mass is 10.1. The fourth-order valence-electron chi connectivity index (χ4n) is 2.31. The number of hydrogen-bond acceptors (Lipinski definition) is 3. The number of hydrogen-bond donors (Lipinski definition) is 0. The summed E-state index contributed by atoms with van der Waals surface area (Å²) in [4.78, 5) is 14.6. The van der Waals surface area contributed by atoms with Crippen molar-refractivity contribution >= 4 is 11.5 Å². The van der Waals surface area contributed by atoms with Gasteiger partial charge in [-0.05, 0) is 25.5 Å². The molecule has 2 rings (SSSR count). The van der Waals surface area contributed by atoms with Gasteiger partial charge in [-0.1, -0.05) is 55.5 Å². The van der Waals surface area contributed by atoms with Crippen molar-refractivity contribution in [3.63, 3.8) is 0 Å². The fourth-order valence-corrected chi connectivity index (χ4v) is 2.31. The maximum atomic E-state index is 12.5. The first-order valence-electron chi connectivity index (χ1n) is 8.20. The Morgan fingerprint density at radius 1 is 1.04 bits per heavy atom. The van der Waals surface area contributed by atoms with Gasteiger partial charge in [-0.2, -0.15) is 0 Å². The van der Waals surface area contributed by atoms with Crippen LogP contribution in [-0.2, 0) is 4.74 Å². The molecule has 3 heteroatoms. The van der Waals surface area contributed by atoms with Gasteiger partial charge in [0.25, 0.3) is 0 Å². The highest BCUT2D eigenvalue weighted by Crippen LogP contribution is 2.14. The molecule has 2 aromatic carbocycles. The van der Waals surface area contributed by atoms with Gasteiger partial charge in [-0.15, -0.1) is 0 Å². The van der Waals surface area contributed by atoms with Crippen molar-refractivity contribution in [2.45, 2.75) is 26.4 Å². The molecule has 0 fully saturated rings. The number of nitrogens with zero attached hydrogens (tertiary/aromatic N) is 1. The van der Waals surface area contributed by atoms with Crippen LogP contribution in [0.1, 0.15) is 30.6 Å². The number of carbonyl (C=O) groups is 1. The largest absolute Gasteiger partial charge is 0.377 e. The number of benzene rings is 2. The van der Waals surface area contributed by atoms with Crippen molar-refractivity contribution in [2.24, 2.45) is 0 Å². The summed E-state index contributed by atoms with van der Waals surface area (Å²) in [6, 6.07) is 19.5. The molecule has 0 N–H and O–H groups in total. The van der Waals surface area contributed by atoms with Crippen molar-refractivity contribution in [1.82, 2.24) is 0 Å². The van der Waals surface area contributed by atoms with Crippen molar-refractivity contribution in [1.29, 1.82) is 0 Å². The van der Waals surface area contributed by atoms with Gasteiger partial charge in [0, 0.05) is 17.8 Å². The van der Waals surface area contributed by atoms with Crippen LogP contribution in [0.15, 0.2) is 60.7 Å². The monoisotopic (exact) mass is 311 g/mol. The molecule has 0 aliphatic heterocycles. The van der Waals surface area contributed by atoms with E-state index < -0.39 is 0 Å². The lowest BCUT2D eigenvalue weighted by Crippen LogP contribution is -2.33. The molecule has 0 saturated carbocycles. The van der Waals surface area contributed by atoms with Crippen LogP contribution in [0, 0.1) is 0 Å². The second-order valence-corrected chi connectivity index (χ2v) is 5.64. The van der Waals surface area contributed by atoms with E-state index in [9.17, 15) is 4.79 Å². The molecule has 23 heavy (non-hydrogen) atoms. The van der Waals surface area contributed by atoms with E-state index in [0.717, 1.165) is 17.7 Å². The summed E-state index contributed by atoms with van der Waals surface area (Å²) in [6.45, 7) is 5.86. The van der Waals surface area contributed by atoms with E-state index in [-0.39, 0.29) is 11.9 Å². The smallest absolute Gasteiger partial charge is 0.182 e. The van der Waals surface area contributed by atoms with Gasteiger partial charge in [0.05, 0.1) is 19.3 Å². The minimum absolute atomic E-state index is 0.123. The Morgan fingerprint density at radius 3 is 2.26 bits per heavy atom. The lowest BCUT2D eigenvalue weighted by molar-refractivity contribution is 0.0683. The van der Waals surface area contributed by atoms with Gasteiger partial charge < -0.3 is 9.64 Å². The van der Waals surface area contributed by atoms with Gasteiger partial charge in [-0.3, -0.25) is 4.79 Å². The van der Waals surface area contributed by atoms with Crippen LogP contribution in [0.4, 0.5) is 5.69 Å². The van der Waals surface area contributed by atoms with Gasteiger partial charge in [0.15, 0.2) is 5.78 Å². The van der Waals surface area contributed by atoms with Crippen LogP contribution < -0.4 is 4.90 Å². The molecule has 3 nitrogen and oxygen atoms in total. The van der Waals surface area contributed by atoms with E-state index in [2.05, 4.69) is 18.7 Å². The molecule has 0 heterocycles.